The molecule has 0 spiro atoms. The van der Waals surface area contributed by atoms with Crippen molar-refractivity contribution in [3.8, 4) is 0 Å². The molecule has 27 heavy (non-hydrogen) atoms. The number of carbonyl (C=O) groups is 2. The summed E-state index contributed by atoms with van der Waals surface area (Å²) < 4.78 is 10.6. The summed E-state index contributed by atoms with van der Waals surface area (Å²) in [6.45, 7) is 9.87. The minimum atomic E-state index is -0.527. The zero-order valence-corrected chi connectivity index (χ0v) is 16.7. The molecule has 2 amide bonds. The molecular weight excluding hydrogens is 348 g/mol. The lowest BCUT2D eigenvalue weighted by Crippen LogP contribution is -2.43. The van der Waals surface area contributed by atoms with Crippen LogP contribution in [0.3, 0.4) is 0 Å². The topological polar surface area (TPSA) is 88.8 Å². The Balaban J connectivity index is 1.57. The molecule has 2 fully saturated rings. The number of nitrogens with zero attached hydrogens (tertiary/aromatic N) is 4. The van der Waals surface area contributed by atoms with E-state index >= 15 is 0 Å². The molecule has 2 unspecified atom stereocenters. The van der Waals surface area contributed by atoms with Gasteiger partial charge in [0.1, 0.15) is 5.60 Å². The molecule has 0 saturated carbocycles. The molecule has 0 radical (unpaired) electrons. The number of rotatable bonds is 3. The third kappa shape index (κ3) is 4.78. The molecular formula is C19H30N4O4. The largest absolute Gasteiger partial charge is 0.444 e. The van der Waals surface area contributed by atoms with Gasteiger partial charge in [0.05, 0.1) is 5.92 Å². The SMILES string of the molecule is CCc1nc(C2CCCN(C(=O)C3CCN(C(=O)OC(C)(C)C)C3)C2)no1. The maximum atomic E-state index is 13.0. The maximum absolute atomic E-state index is 13.0. The van der Waals surface area contributed by atoms with Crippen LogP contribution in [-0.4, -0.2) is 63.7 Å². The Morgan fingerprint density at radius 1 is 1.19 bits per heavy atom. The molecule has 8 heteroatoms. The van der Waals surface area contributed by atoms with Gasteiger partial charge in [0, 0.05) is 38.5 Å². The smallest absolute Gasteiger partial charge is 0.410 e. The highest BCUT2D eigenvalue weighted by Crippen LogP contribution is 2.28. The molecule has 8 nitrogen and oxygen atoms in total. The third-order valence-corrected chi connectivity index (χ3v) is 5.07. The standard InChI is InChI=1S/C19H30N4O4/c1-5-15-20-16(21-27-15)13-7-6-9-22(11-13)17(24)14-8-10-23(12-14)18(25)26-19(2,3)4/h13-14H,5-12H2,1-4H3. The number of hydrogen-bond donors (Lipinski definition) is 0. The molecule has 2 atom stereocenters. The summed E-state index contributed by atoms with van der Waals surface area (Å²) in [5.74, 6) is 1.41. The second kappa shape index (κ2) is 7.86. The summed E-state index contributed by atoms with van der Waals surface area (Å²) in [4.78, 5) is 33.2. The monoisotopic (exact) mass is 378 g/mol. The first-order valence-electron chi connectivity index (χ1n) is 9.86. The molecule has 2 saturated heterocycles. The van der Waals surface area contributed by atoms with E-state index in [9.17, 15) is 9.59 Å². The van der Waals surface area contributed by atoms with Crippen molar-refractivity contribution in [2.24, 2.45) is 5.92 Å². The fourth-order valence-electron chi connectivity index (χ4n) is 3.68. The van der Waals surface area contributed by atoms with Gasteiger partial charge in [-0.15, -0.1) is 0 Å². The number of ether oxygens (including phenoxy) is 1. The van der Waals surface area contributed by atoms with Crippen LogP contribution >= 0.6 is 0 Å². The summed E-state index contributed by atoms with van der Waals surface area (Å²) in [6.07, 6.45) is 2.94. The molecule has 0 N–H and O–H groups in total. The van der Waals surface area contributed by atoms with Gasteiger partial charge in [0.15, 0.2) is 5.82 Å². The first kappa shape index (κ1) is 19.6. The van der Waals surface area contributed by atoms with Crippen LogP contribution in [-0.2, 0) is 16.0 Å². The van der Waals surface area contributed by atoms with Crippen molar-refractivity contribution in [1.29, 1.82) is 0 Å². The highest BCUT2D eigenvalue weighted by atomic mass is 16.6. The quantitative estimate of drug-likeness (QED) is 0.803. The minimum absolute atomic E-state index is 0.116. The van der Waals surface area contributed by atoms with Crippen LogP contribution in [0.25, 0.3) is 0 Å². The van der Waals surface area contributed by atoms with Crippen molar-refractivity contribution in [3.63, 3.8) is 0 Å². The number of aromatic nitrogens is 2. The zero-order valence-electron chi connectivity index (χ0n) is 16.7. The number of hydrogen-bond acceptors (Lipinski definition) is 6. The minimum Gasteiger partial charge on any atom is -0.444 e. The fourth-order valence-corrected chi connectivity index (χ4v) is 3.68. The molecule has 1 aromatic rings. The molecule has 0 bridgehead atoms. The Kier molecular flexibility index (Phi) is 5.72. The highest BCUT2D eigenvalue weighted by Gasteiger charge is 2.37. The summed E-state index contributed by atoms with van der Waals surface area (Å²) in [5, 5.41) is 4.08. The van der Waals surface area contributed by atoms with E-state index in [1.807, 2.05) is 32.6 Å². The highest BCUT2D eigenvalue weighted by molar-refractivity contribution is 5.81. The van der Waals surface area contributed by atoms with E-state index in [1.54, 1.807) is 4.90 Å². The first-order chi connectivity index (χ1) is 12.8. The van der Waals surface area contributed by atoms with Gasteiger partial charge in [-0.2, -0.15) is 4.98 Å². The summed E-state index contributed by atoms with van der Waals surface area (Å²) in [7, 11) is 0. The fraction of sp³-hybridized carbons (Fsp3) is 0.789. The molecule has 3 heterocycles. The van der Waals surface area contributed by atoms with Gasteiger partial charge in [-0.05, 0) is 40.0 Å². The second-order valence-corrected chi connectivity index (χ2v) is 8.44. The van der Waals surface area contributed by atoms with Gasteiger partial charge in [0.25, 0.3) is 0 Å². The Morgan fingerprint density at radius 3 is 2.63 bits per heavy atom. The number of amides is 2. The molecule has 0 aromatic carbocycles. The van der Waals surface area contributed by atoms with Crippen molar-refractivity contribution in [1.82, 2.24) is 19.9 Å². The van der Waals surface area contributed by atoms with Crippen LogP contribution in [0.2, 0.25) is 0 Å². The molecule has 2 aliphatic heterocycles. The van der Waals surface area contributed by atoms with Crippen LogP contribution in [0.15, 0.2) is 4.52 Å². The van der Waals surface area contributed by atoms with E-state index in [2.05, 4.69) is 10.1 Å². The third-order valence-electron chi connectivity index (χ3n) is 5.07. The Bertz CT molecular complexity index is 681. The number of likely N-dealkylation sites (tertiary alicyclic amines) is 2. The molecule has 3 rings (SSSR count). The predicted molar refractivity (Wildman–Crippen MR) is 98.1 cm³/mol. The van der Waals surface area contributed by atoms with E-state index in [-0.39, 0.29) is 23.8 Å². The lowest BCUT2D eigenvalue weighted by molar-refractivity contribution is -0.136. The van der Waals surface area contributed by atoms with Gasteiger partial charge in [0.2, 0.25) is 11.8 Å². The van der Waals surface area contributed by atoms with Crippen molar-refractivity contribution in [2.75, 3.05) is 26.2 Å². The summed E-state index contributed by atoms with van der Waals surface area (Å²) >= 11 is 0. The number of carbonyl (C=O) groups excluding carboxylic acids is 2. The predicted octanol–water partition coefficient (Wildman–Crippen LogP) is 2.60. The van der Waals surface area contributed by atoms with Crippen molar-refractivity contribution >= 4 is 12.0 Å². The van der Waals surface area contributed by atoms with Gasteiger partial charge in [-0.3, -0.25) is 4.79 Å². The van der Waals surface area contributed by atoms with E-state index in [0.717, 1.165) is 19.4 Å². The maximum Gasteiger partial charge on any atom is 0.410 e. The Hall–Kier alpha value is -2.12. The van der Waals surface area contributed by atoms with E-state index in [1.165, 1.54) is 0 Å². The Morgan fingerprint density at radius 2 is 1.96 bits per heavy atom. The van der Waals surface area contributed by atoms with E-state index < -0.39 is 5.60 Å². The van der Waals surface area contributed by atoms with E-state index in [4.69, 9.17) is 9.26 Å². The molecule has 1 aromatic heterocycles. The van der Waals surface area contributed by atoms with Crippen LogP contribution in [0.1, 0.15) is 64.6 Å². The van der Waals surface area contributed by atoms with Gasteiger partial charge >= 0.3 is 6.09 Å². The molecule has 0 aliphatic carbocycles. The van der Waals surface area contributed by atoms with Crippen LogP contribution in [0, 0.1) is 5.92 Å². The summed E-state index contributed by atoms with van der Waals surface area (Å²) in [5.41, 5.74) is -0.527. The van der Waals surface area contributed by atoms with E-state index in [0.29, 0.717) is 44.2 Å². The van der Waals surface area contributed by atoms with Crippen LogP contribution in [0.5, 0.6) is 0 Å². The summed E-state index contributed by atoms with van der Waals surface area (Å²) in [6, 6.07) is 0. The van der Waals surface area contributed by atoms with Crippen molar-refractivity contribution < 1.29 is 18.8 Å². The van der Waals surface area contributed by atoms with Gasteiger partial charge in [-0.25, -0.2) is 4.79 Å². The number of aryl methyl sites for hydroxylation is 1. The Labute approximate surface area is 160 Å². The molecule has 150 valence electrons. The van der Waals surface area contributed by atoms with Crippen molar-refractivity contribution in [3.05, 3.63) is 11.7 Å². The number of piperidine rings is 1. The molecule has 2 aliphatic rings. The lowest BCUT2D eigenvalue weighted by Gasteiger charge is -2.33. The van der Waals surface area contributed by atoms with Crippen LogP contribution < -0.4 is 0 Å². The van der Waals surface area contributed by atoms with Gasteiger partial charge in [-0.1, -0.05) is 12.1 Å². The van der Waals surface area contributed by atoms with Crippen LogP contribution in [0.4, 0.5) is 4.79 Å². The normalized spacial score (nSPS) is 23.6. The zero-order chi connectivity index (χ0) is 19.6. The van der Waals surface area contributed by atoms with Crippen molar-refractivity contribution in [2.45, 2.75) is 64.9 Å². The second-order valence-electron chi connectivity index (χ2n) is 8.44. The average Bonchev–Trinajstić information content (AvgIpc) is 3.29. The lowest BCUT2D eigenvalue weighted by atomic mass is 9.95. The van der Waals surface area contributed by atoms with Gasteiger partial charge < -0.3 is 19.1 Å². The first-order valence-corrected chi connectivity index (χ1v) is 9.86. The average molecular weight is 378 g/mol.